The van der Waals surface area contributed by atoms with Gasteiger partial charge < -0.3 is 9.64 Å². The highest BCUT2D eigenvalue weighted by Gasteiger charge is 2.33. The fourth-order valence-corrected chi connectivity index (χ4v) is 3.76. The molecular weight excluding hydrogens is 449 g/mol. The highest BCUT2D eigenvalue weighted by atomic mass is 19.4. The first-order valence-electron chi connectivity index (χ1n) is 11.0. The number of alkyl halides is 3. The number of amides is 1. The van der Waals surface area contributed by atoms with Crippen molar-refractivity contribution in [2.75, 3.05) is 6.54 Å². The molecular formula is C23H27F3N6O2. The Bertz CT molecular complexity index is 1090. The number of aryl methyl sites for hydroxylation is 1. The molecule has 182 valence electrons. The Morgan fingerprint density at radius 3 is 2.32 bits per heavy atom. The van der Waals surface area contributed by atoms with Gasteiger partial charge in [-0.2, -0.15) is 23.4 Å². The standard InChI is InChI=1S/C23H27F3N6O2/c1-5-17(19(6-2)34-20-11-9-16(14-27-20)23(24,25)26)31(7-3)22(33)21-18(10-8-15(4)30-21)32-28-12-13-29-32/h8-14,17,19H,5-7H2,1-4H3. The Morgan fingerprint density at radius 2 is 1.79 bits per heavy atom. The summed E-state index contributed by atoms with van der Waals surface area (Å²) in [5.74, 6) is -0.246. The number of rotatable bonds is 9. The van der Waals surface area contributed by atoms with E-state index < -0.39 is 17.8 Å². The number of ether oxygens (including phenoxy) is 1. The van der Waals surface area contributed by atoms with Crippen LogP contribution in [0, 0.1) is 6.92 Å². The molecule has 11 heteroatoms. The van der Waals surface area contributed by atoms with Crippen LogP contribution in [0.4, 0.5) is 13.2 Å². The van der Waals surface area contributed by atoms with Gasteiger partial charge in [-0.3, -0.25) is 4.79 Å². The Labute approximate surface area is 195 Å². The fourth-order valence-electron chi connectivity index (χ4n) is 3.76. The predicted octanol–water partition coefficient (Wildman–Crippen LogP) is 4.48. The minimum Gasteiger partial charge on any atom is -0.472 e. The minimum atomic E-state index is -4.48. The van der Waals surface area contributed by atoms with Crippen LogP contribution in [-0.2, 0) is 6.18 Å². The molecule has 3 aromatic heterocycles. The highest BCUT2D eigenvalue weighted by molar-refractivity contribution is 5.96. The summed E-state index contributed by atoms with van der Waals surface area (Å²) in [4.78, 5) is 25.0. The molecule has 2 atom stereocenters. The normalized spacial score (nSPS) is 13.4. The molecule has 0 aliphatic heterocycles. The number of aromatic nitrogens is 5. The molecule has 0 N–H and O–H groups in total. The van der Waals surface area contributed by atoms with E-state index in [4.69, 9.17) is 4.74 Å². The van der Waals surface area contributed by atoms with Gasteiger partial charge in [-0.05, 0) is 44.9 Å². The molecule has 0 spiro atoms. The van der Waals surface area contributed by atoms with Crippen LogP contribution in [0.25, 0.3) is 5.69 Å². The van der Waals surface area contributed by atoms with Gasteiger partial charge >= 0.3 is 6.18 Å². The van der Waals surface area contributed by atoms with Crippen molar-refractivity contribution >= 4 is 5.91 Å². The quantitative estimate of drug-likeness (QED) is 0.453. The molecule has 0 fully saturated rings. The van der Waals surface area contributed by atoms with Crippen molar-refractivity contribution in [1.82, 2.24) is 29.9 Å². The highest BCUT2D eigenvalue weighted by Crippen LogP contribution is 2.30. The van der Waals surface area contributed by atoms with Crippen molar-refractivity contribution in [3.8, 4) is 11.6 Å². The molecule has 0 saturated carbocycles. The lowest BCUT2D eigenvalue weighted by Gasteiger charge is -2.35. The first kappa shape index (κ1) is 25.1. The topological polar surface area (TPSA) is 86.0 Å². The van der Waals surface area contributed by atoms with Crippen LogP contribution in [0.2, 0.25) is 0 Å². The van der Waals surface area contributed by atoms with E-state index in [1.807, 2.05) is 20.8 Å². The smallest absolute Gasteiger partial charge is 0.417 e. The van der Waals surface area contributed by atoms with Gasteiger partial charge in [0, 0.05) is 24.5 Å². The molecule has 8 nitrogen and oxygen atoms in total. The molecule has 0 aliphatic carbocycles. The van der Waals surface area contributed by atoms with Crippen molar-refractivity contribution in [3.05, 3.63) is 59.8 Å². The molecule has 34 heavy (non-hydrogen) atoms. The number of hydrogen-bond acceptors (Lipinski definition) is 6. The van der Waals surface area contributed by atoms with Gasteiger partial charge in [-0.1, -0.05) is 13.8 Å². The van der Waals surface area contributed by atoms with Gasteiger partial charge in [-0.15, -0.1) is 4.80 Å². The molecule has 2 unspecified atom stereocenters. The van der Waals surface area contributed by atoms with E-state index in [0.29, 0.717) is 30.8 Å². The second-order valence-corrected chi connectivity index (χ2v) is 7.65. The molecule has 1 amide bonds. The second-order valence-electron chi connectivity index (χ2n) is 7.65. The molecule has 0 bridgehead atoms. The number of pyridine rings is 2. The maximum Gasteiger partial charge on any atom is 0.417 e. The summed E-state index contributed by atoms with van der Waals surface area (Å²) >= 11 is 0. The molecule has 0 aromatic carbocycles. The van der Waals surface area contributed by atoms with Crippen molar-refractivity contribution < 1.29 is 22.7 Å². The molecule has 3 rings (SSSR count). The number of halogens is 3. The fraction of sp³-hybridized carbons (Fsp3) is 0.435. The van der Waals surface area contributed by atoms with Crippen LogP contribution in [0.1, 0.15) is 55.4 Å². The maximum atomic E-state index is 13.7. The number of carbonyl (C=O) groups excluding carboxylic acids is 1. The third-order valence-electron chi connectivity index (χ3n) is 5.44. The van der Waals surface area contributed by atoms with E-state index in [-0.39, 0.29) is 23.5 Å². The van der Waals surface area contributed by atoms with Crippen LogP contribution in [0.15, 0.2) is 42.9 Å². The molecule has 0 saturated heterocycles. The molecule has 0 aliphatic rings. The number of nitrogens with zero attached hydrogens (tertiary/aromatic N) is 6. The van der Waals surface area contributed by atoms with Gasteiger partial charge in [0.2, 0.25) is 5.88 Å². The SMILES string of the molecule is CCC(Oc1ccc(C(F)(F)F)cn1)C(CC)N(CC)C(=O)c1nc(C)ccc1-n1nccn1. The van der Waals surface area contributed by atoms with Gasteiger partial charge in [-0.25, -0.2) is 9.97 Å². The summed E-state index contributed by atoms with van der Waals surface area (Å²) < 4.78 is 44.5. The van der Waals surface area contributed by atoms with Crippen molar-refractivity contribution in [3.63, 3.8) is 0 Å². The summed E-state index contributed by atoms with van der Waals surface area (Å²) in [6.45, 7) is 7.83. The summed E-state index contributed by atoms with van der Waals surface area (Å²) in [5, 5.41) is 8.25. The van der Waals surface area contributed by atoms with E-state index in [1.165, 1.54) is 23.3 Å². The van der Waals surface area contributed by atoms with Crippen molar-refractivity contribution in [1.29, 1.82) is 0 Å². The Balaban J connectivity index is 1.89. The van der Waals surface area contributed by atoms with Crippen molar-refractivity contribution in [2.24, 2.45) is 0 Å². The lowest BCUT2D eigenvalue weighted by atomic mass is 10.0. The van der Waals surface area contributed by atoms with E-state index in [9.17, 15) is 18.0 Å². The van der Waals surface area contributed by atoms with Gasteiger partial charge in [0.25, 0.3) is 5.91 Å². The summed E-state index contributed by atoms with van der Waals surface area (Å²) in [6.07, 6.45) is -0.133. The first-order chi connectivity index (χ1) is 16.2. The third-order valence-corrected chi connectivity index (χ3v) is 5.44. The zero-order valence-corrected chi connectivity index (χ0v) is 19.5. The number of hydrogen-bond donors (Lipinski definition) is 0. The molecule has 3 heterocycles. The Hall–Kier alpha value is -3.50. The average molecular weight is 477 g/mol. The van der Waals surface area contributed by atoms with Gasteiger partial charge in [0.05, 0.1) is 24.0 Å². The van der Waals surface area contributed by atoms with E-state index in [0.717, 1.165) is 12.3 Å². The predicted molar refractivity (Wildman–Crippen MR) is 119 cm³/mol. The minimum absolute atomic E-state index is 0.0666. The van der Waals surface area contributed by atoms with Crippen LogP contribution >= 0.6 is 0 Å². The van der Waals surface area contributed by atoms with Gasteiger partial charge in [0.1, 0.15) is 11.8 Å². The van der Waals surface area contributed by atoms with E-state index in [2.05, 4.69) is 20.2 Å². The Kier molecular flexibility index (Phi) is 7.85. The van der Waals surface area contributed by atoms with Crippen LogP contribution < -0.4 is 4.74 Å². The van der Waals surface area contributed by atoms with Crippen LogP contribution in [-0.4, -0.2) is 54.5 Å². The third kappa shape index (κ3) is 5.52. The lowest BCUT2D eigenvalue weighted by Crippen LogP contribution is -2.49. The summed E-state index contributed by atoms with van der Waals surface area (Å²) in [7, 11) is 0. The molecule has 0 radical (unpaired) electrons. The zero-order chi connectivity index (χ0) is 24.9. The first-order valence-corrected chi connectivity index (χ1v) is 11.0. The second kappa shape index (κ2) is 10.6. The zero-order valence-electron chi connectivity index (χ0n) is 19.5. The maximum absolute atomic E-state index is 13.7. The van der Waals surface area contributed by atoms with Crippen molar-refractivity contribution in [2.45, 2.75) is 58.9 Å². The van der Waals surface area contributed by atoms with Crippen LogP contribution in [0.3, 0.4) is 0 Å². The number of carbonyl (C=O) groups is 1. The van der Waals surface area contributed by atoms with Gasteiger partial charge in [0.15, 0.2) is 5.69 Å². The number of likely N-dealkylation sites (N-methyl/N-ethyl adjacent to an activating group) is 1. The Morgan fingerprint density at radius 1 is 1.09 bits per heavy atom. The summed E-state index contributed by atoms with van der Waals surface area (Å²) in [6, 6.07) is 5.27. The molecule has 3 aromatic rings. The summed E-state index contributed by atoms with van der Waals surface area (Å²) in [5.41, 5.74) is 0.475. The van der Waals surface area contributed by atoms with Crippen LogP contribution in [0.5, 0.6) is 5.88 Å². The average Bonchev–Trinajstić information content (AvgIpc) is 3.35. The lowest BCUT2D eigenvalue weighted by molar-refractivity contribution is -0.137. The van der Waals surface area contributed by atoms with E-state index in [1.54, 1.807) is 24.0 Å². The largest absolute Gasteiger partial charge is 0.472 e. The monoisotopic (exact) mass is 476 g/mol. The van der Waals surface area contributed by atoms with E-state index >= 15 is 0 Å².